The summed E-state index contributed by atoms with van der Waals surface area (Å²) in [6.07, 6.45) is 34.3. The van der Waals surface area contributed by atoms with Gasteiger partial charge in [-0.1, -0.05) is 0 Å². The summed E-state index contributed by atoms with van der Waals surface area (Å²) in [6, 6.07) is 0. The van der Waals surface area contributed by atoms with E-state index in [9.17, 15) is 4.79 Å². The summed E-state index contributed by atoms with van der Waals surface area (Å²) >= 11 is 0. The summed E-state index contributed by atoms with van der Waals surface area (Å²) in [4.78, 5) is 10.5. The van der Waals surface area contributed by atoms with E-state index in [2.05, 4.69) is 0 Å². The Morgan fingerprint density at radius 2 is 0.871 bits per heavy atom. The molecular formula is C28H53O2P. The molecule has 0 saturated heterocycles. The standard InChI is InChI=1S/C28H53O2P/c29-28(30)23-9-7-5-3-1-2-4-6-8-16-24-31(25-17-10-11-18-25,26-19-12-13-20-26)27-21-14-15-22-27/h25-27,31H,1-24H2,(H,29,30). The number of hydrogen-bond donors (Lipinski definition) is 1. The van der Waals surface area contributed by atoms with E-state index in [1.807, 2.05) is 0 Å². The molecule has 31 heavy (non-hydrogen) atoms. The average Bonchev–Trinajstić information content (AvgIpc) is 3.55. The SMILES string of the molecule is O=C(O)CCCCCCCCCCCC[PH](C1CCCC1)(C1CCCC1)C1CCCC1. The summed E-state index contributed by atoms with van der Waals surface area (Å²) in [7, 11) is -1.14. The van der Waals surface area contributed by atoms with E-state index in [4.69, 9.17) is 5.11 Å². The van der Waals surface area contributed by atoms with Crippen molar-refractivity contribution in [2.75, 3.05) is 6.16 Å². The molecule has 0 atom stereocenters. The van der Waals surface area contributed by atoms with E-state index >= 15 is 0 Å². The molecule has 0 bridgehead atoms. The van der Waals surface area contributed by atoms with Gasteiger partial charge in [-0.25, -0.2) is 0 Å². The van der Waals surface area contributed by atoms with Gasteiger partial charge in [-0.05, 0) is 0 Å². The Labute approximate surface area is 194 Å². The van der Waals surface area contributed by atoms with Gasteiger partial charge >= 0.3 is 184 Å². The van der Waals surface area contributed by atoms with Crippen molar-refractivity contribution in [2.45, 2.75) is 165 Å². The van der Waals surface area contributed by atoms with Crippen LogP contribution in [0.5, 0.6) is 0 Å². The van der Waals surface area contributed by atoms with Crippen LogP contribution in [-0.2, 0) is 4.79 Å². The van der Waals surface area contributed by atoms with Crippen LogP contribution in [0.4, 0.5) is 0 Å². The molecular weight excluding hydrogens is 399 g/mol. The zero-order chi connectivity index (χ0) is 21.8. The second-order valence-corrected chi connectivity index (χ2v) is 16.7. The summed E-state index contributed by atoms with van der Waals surface area (Å²) < 4.78 is 0. The van der Waals surface area contributed by atoms with Crippen LogP contribution in [0.25, 0.3) is 0 Å². The van der Waals surface area contributed by atoms with Gasteiger partial charge in [0.25, 0.3) is 0 Å². The molecule has 0 amide bonds. The maximum atomic E-state index is 10.5. The molecule has 182 valence electrons. The number of unbranched alkanes of at least 4 members (excludes halogenated alkanes) is 9. The van der Waals surface area contributed by atoms with Crippen molar-refractivity contribution in [3.8, 4) is 0 Å². The van der Waals surface area contributed by atoms with Crippen LogP contribution >= 0.6 is 7.26 Å². The van der Waals surface area contributed by atoms with E-state index < -0.39 is 13.2 Å². The van der Waals surface area contributed by atoms with Gasteiger partial charge in [-0.2, -0.15) is 0 Å². The van der Waals surface area contributed by atoms with E-state index in [0.29, 0.717) is 6.42 Å². The molecule has 0 aromatic rings. The first-order chi connectivity index (χ1) is 15.2. The molecule has 2 nitrogen and oxygen atoms in total. The van der Waals surface area contributed by atoms with Crippen molar-refractivity contribution >= 4 is 13.2 Å². The zero-order valence-corrected chi connectivity index (χ0v) is 21.6. The number of carboxylic acids is 1. The van der Waals surface area contributed by atoms with Gasteiger partial charge in [0, 0.05) is 0 Å². The number of rotatable bonds is 16. The predicted octanol–water partition coefficient (Wildman–Crippen LogP) is 8.94. The summed E-state index contributed by atoms with van der Waals surface area (Å²) in [6.45, 7) is 0. The first kappa shape index (κ1) is 25.5. The minimum absolute atomic E-state index is 0.355. The summed E-state index contributed by atoms with van der Waals surface area (Å²) in [5.41, 5.74) is 3.62. The second-order valence-electron chi connectivity index (χ2n) is 11.5. The zero-order valence-electron chi connectivity index (χ0n) is 20.6. The van der Waals surface area contributed by atoms with Crippen LogP contribution in [0.1, 0.15) is 148 Å². The average molecular weight is 453 g/mol. The first-order valence-corrected chi connectivity index (χ1v) is 16.9. The van der Waals surface area contributed by atoms with Crippen molar-refractivity contribution in [1.82, 2.24) is 0 Å². The summed E-state index contributed by atoms with van der Waals surface area (Å²) in [5, 5.41) is 8.69. The van der Waals surface area contributed by atoms with E-state index in [-0.39, 0.29) is 0 Å². The van der Waals surface area contributed by atoms with Crippen LogP contribution in [0.15, 0.2) is 0 Å². The quantitative estimate of drug-likeness (QED) is 0.187. The predicted molar refractivity (Wildman–Crippen MR) is 138 cm³/mol. The van der Waals surface area contributed by atoms with Gasteiger partial charge in [0.15, 0.2) is 0 Å². The van der Waals surface area contributed by atoms with Gasteiger partial charge in [0.05, 0.1) is 0 Å². The van der Waals surface area contributed by atoms with Crippen LogP contribution in [0.3, 0.4) is 0 Å². The van der Waals surface area contributed by atoms with Crippen molar-refractivity contribution < 1.29 is 9.90 Å². The Bertz CT molecular complexity index is 446. The van der Waals surface area contributed by atoms with Gasteiger partial charge in [-0.3, -0.25) is 4.79 Å². The molecule has 3 heteroatoms. The normalized spacial score (nSPS) is 21.9. The molecule has 3 saturated carbocycles. The number of carbonyl (C=O) groups is 1. The molecule has 0 aromatic carbocycles. The minimum atomic E-state index is -1.14. The second kappa shape index (κ2) is 14.2. The van der Waals surface area contributed by atoms with E-state index in [1.54, 1.807) is 89.6 Å². The first-order valence-electron chi connectivity index (χ1n) is 14.5. The van der Waals surface area contributed by atoms with Crippen molar-refractivity contribution in [3.05, 3.63) is 0 Å². The van der Waals surface area contributed by atoms with Crippen LogP contribution in [-0.4, -0.2) is 34.2 Å². The number of hydrogen-bond acceptors (Lipinski definition) is 1. The molecule has 0 radical (unpaired) electrons. The molecule has 1 N–H and O–H groups in total. The molecule has 0 spiro atoms. The Kier molecular flexibility index (Phi) is 11.7. The van der Waals surface area contributed by atoms with Gasteiger partial charge in [-0.15, -0.1) is 0 Å². The van der Waals surface area contributed by atoms with E-state index in [1.165, 1.54) is 61.9 Å². The third-order valence-electron chi connectivity index (χ3n) is 9.60. The van der Waals surface area contributed by atoms with Gasteiger partial charge in [0.2, 0.25) is 0 Å². The molecule has 0 unspecified atom stereocenters. The van der Waals surface area contributed by atoms with Crippen LogP contribution in [0, 0.1) is 0 Å². The van der Waals surface area contributed by atoms with Crippen LogP contribution in [0.2, 0.25) is 0 Å². The van der Waals surface area contributed by atoms with Crippen molar-refractivity contribution in [2.24, 2.45) is 0 Å². The third-order valence-corrected chi connectivity index (χ3v) is 17.1. The van der Waals surface area contributed by atoms with Gasteiger partial charge < -0.3 is 5.11 Å². The third kappa shape index (κ3) is 7.72. The Morgan fingerprint density at radius 3 is 1.23 bits per heavy atom. The fourth-order valence-corrected chi connectivity index (χ4v) is 16.7. The molecule has 3 fully saturated rings. The monoisotopic (exact) mass is 452 g/mol. The summed E-state index contributed by atoms with van der Waals surface area (Å²) in [5.74, 6) is -0.638. The Balaban J connectivity index is 1.36. The maximum absolute atomic E-state index is 10.5. The topological polar surface area (TPSA) is 37.3 Å². The fraction of sp³-hybridized carbons (Fsp3) is 0.964. The molecule has 0 heterocycles. The molecule has 0 aliphatic heterocycles. The number of aliphatic carboxylic acids is 1. The van der Waals surface area contributed by atoms with Crippen molar-refractivity contribution in [1.29, 1.82) is 0 Å². The molecule has 3 rings (SSSR count). The molecule has 0 aromatic heterocycles. The van der Waals surface area contributed by atoms with E-state index in [0.717, 1.165) is 12.8 Å². The molecule has 3 aliphatic rings. The van der Waals surface area contributed by atoms with Crippen molar-refractivity contribution in [3.63, 3.8) is 0 Å². The fourth-order valence-electron chi connectivity index (χ4n) is 8.12. The number of carboxylic acid groups (broad SMARTS) is 1. The Hall–Kier alpha value is -0.100. The Morgan fingerprint density at radius 1 is 0.548 bits per heavy atom. The van der Waals surface area contributed by atoms with Gasteiger partial charge in [0.1, 0.15) is 0 Å². The molecule has 3 aliphatic carbocycles. The van der Waals surface area contributed by atoms with Crippen LogP contribution < -0.4 is 0 Å².